The van der Waals surface area contributed by atoms with Crippen molar-refractivity contribution in [2.45, 2.75) is 94.0 Å². The van der Waals surface area contributed by atoms with Gasteiger partial charge in [-0.3, -0.25) is 9.59 Å². The second kappa shape index (κ2) is 22.4. The lowest BCUT2D eigenvalue weighted by atomic mass is 9.75. The first-order valence-corrected chi connectivity index (χ1v) is 21.1. The van der Waals surface area contributed by atoms with E-state index < -0.39 is 0 Å². The van der Waals surface area contributed by atoms with Crippen LogP contribution in [0.5, 0.6) is 11.5 Å². The zero-order valence-corrected chi connectivity index (χ0v) is 36.1. The molecule has 0 radical (unpaired) electrons. The number of ether oxygens (including phenoxy) is 3. The summed E-state index contributed by atoms with van der Waals surface area (Å²) in [5.74, 6) is 1.25. The Labute approximate surface area is 353 Å². The minimum Gasteiger partial charge on any atom is -0.493 e. The van der Waals surface area contributed by atoms with Crippen molar-refractivity contribution in [2.24, 2.45) is 0 Å². The topological polar surface area (TPSA) is 92.4 Å². The molecule has 2 saturated carbocycles. The third kappa shape index (κ3) is 13.5. The van der Waals surface area contributed by atoms with Crippen LogP contribution in [-0.4, -0.2) is 93.8 Å². The van der Waals surface area contributed by atoms with E-state index in [2.05, 4.69) is 109 Å². The molecule has 0 saturated heterocycles. The van der Waals surface area contributed by atoms with Gasteiger partial charge < -0.3 is 34.6 Å². The molecule has 316 valence electrons. The monoisotopic (exact) mass is 803 g/mol. The number of nitrogens with one attached hydrogen (secondary N) is 2. The molecule has 2 aliphatic rings. The van der Waals surface area contributed by atoms with E-state index >= 15 is 0 Å². The highest BCUT2D eigenvalue weighted by atomic mass is 16.5. The number of amides is 2. The van der Waals surface area contributed by atoms with Crippen molar-refractivity contribution in [3.8, 4) is 11.5 Å². The van der Waals surface area contributed by atoms with E-state index in [1.807, 2.05) is 54.6 Å². The lowest BCUT2D eigenvalue weighted by molar-refractivity contribution is -0.126. The third-order valence-corrected chi connectivity index (χ3v) is 12.3. The summed E-state index contributed by atoms with van der Waals surface area (Å²) < 4.78 is 16.3. The molecule has 4 aromatic rings. The molecule has 0 bridgehead atoms. The molecule has 9 nitrogen and oxygen atoms in total. The van der Waals surface area contributed by atoms with Crippen LogP contribution in [0, 0.1) is 0 Å². The highest BCUT2D eigenvalue weighted by Crippen LogP contribution is 2.37. The number of carbonyl (C=O) groups is 2. The van der Waals surface area contributed by atoms with Gasteiger partial charge in [-0.25, -0.2) is 0 Å². The molecule has 0 unspecified atom stereocenters. The highest BCUT2D eigenvalue weighted by molar-refractivity contribution is 5.92. The molecule has 0 heterocycles. The minimum absolute atomic E-state index is 0.00656. The summed E-state index contributed by atoms with van der Waals surface area (Å²) >= 11 is 0. The fourth-order valence-corrected chi connectivity index (χ4v) is 8.58. The molecule has 4 aromatic carbocycles. The van der Waals surface area contributed by atoms with E-state index in [1.54, 1.807) is 20.3 Å². The summed E-state index contributed by atoms with van der Waals surface area (Å²) in [6.07, 6.45) is 13.9. The molecule has 59 heavy (non-hydrogen) atoms. The van der Waals surface area contributed by atoms with Gasteiger partial charge in [0.25, 0.3) is 0 Å². The van der Waals surface area contributed by atoms with E-state index in [-0.39, 0.29) is 41.6 Å². The normalized spacial score (nSPS) is 21.7. The Morgan fingerprint density at radius 1 is 0.644 bits per heavy atom. The molecule has 2 aliphatic carbocycles. The SMILES string of the molecule is COCC(=O)NC1CCC(Cc2ccccc2)(N(C)C)CC1.COc1cc(/C=C\C(=O)NC2CCC(Cc3ccccc3)(N(C)C)CC2)ccc1OCc1ccccc1. The summed E-state index contributed by atoms with van der Waals surface area (Å²) in [5, 5.41) is 6.29. The number of methoxy groups -OCH3 is 2. The lowest BCUT2D eigenvalue weighted by Crippen LogP contribution is -2.52. The van der Waals surface area contributed by atoms with Gasteiger partial charge in [-0.05, 0) is 133 Å². The van der Waals surface area contributed by atoms with Crippen LogP contribution in [0.1, 0.15) is 73.6 Å². The molecule has 6 rings (SSSR count). The Hall–Kier alpha value is -4.96. The maximum atomic E-state index is 12.7. The average molecular weight is 803 g/mol. The van der Waals surface area contributed by atoms with E-state index in [1.165, 1.54) is 11.1 Å². The Morgan fingerprint density at radius 3 is 1.58 bits per heavy atom. The summed E-state index contributed by atoms with van der Waals surface area (Å²) in [5.41, 5.74) is 5.07. The summed E-state index contributed by atoms with van der Waals surface area (Å²) in [6, 6.07) is 37.6. The molecule has 2 amide bonds. The van der Waals surface area contributed by atoms with E-state index in [4.69, 9.17) is 14.2 Å². The predicted octanol–water partition coefficient (Wildman–Crippen LogP) is 8.12. The van der Waals surface area contributed by atoms with Crippen LogP contribution < -0.4 is 20.1 Å². The predicted molar refractivity (Wildman–Crippen MR) is 239 cm³/mol. The molecular weight excluding hydrogens is 737 g/mol. The van der Waals surface area contributed by atoms with Crippen molar-refractivity contribution in [1.82, 2.24) is 20.4 Å². The van der Waals surface area contributed by atoms with Crippen molar-refractivity contribution < 1.29 is 23.8 Å². The number of likely N-dealkylation sites (N-methyl/N-ethyl adjacent to an activating group) is 2. The first-order chi connectivity index (χ1) is 28.5. The van der Waals surface area contributed by atoms with Crippen LogP contribution in [0.15, 0.2) is 115 Å². The first kappa shape index (κ1) is 45.1. The maximum Gasteiger partial charge on any atom is 0.246 e. The average Bonchev–Trinajstić information content (AvgIpc) is 3.25. The zero-order valence-electron chi connectivity index (χ0n) is 36.1. The van der Waals surface area contributed by atoms with Crippen LogP contribution >= 0.6 is 0 Å². The number of rotatable bonds is 16. The van der Waals surface area contributed by atoms with Gasteiger partial charge in [-0.1, -0.05) is 97.1 Å². The van der Waals surface area contributed by atoms with Crippen LogP contribution in [0.25, 0.3) is 6.08 Å². The van der Waals surface area contributed by atoms with Crippen LogP contribution in [0.3, 0.4) is 0 Å². The molecular formula is C50H66N4O5. The van der Waals surface area contributed by atoms with E-state index in [0.717, 1.165) is 75.3 Å². The second-order valence-electron chi connectivity index (χ2n) is 16.6. The standard InChI is InChI=1S/C32H38N2O3.C18H28N2O2/c1-34(2)32(23-26-10-6-4-7-11-26)20-18-28(19-21-32)33-31(35)17-15-25-14-16-29(30(22-25)36-3)37-24-27-12-8-5-9-13-27;1-20(2)18(13-15-7-5-4-6-8-15)11-9-16(10-12-18)19-17(21)14-22-3/h4-17,22,28H,18-21,23-24H2,1-3H3,(H,33,35);4-8,16H,9-14H2,1-3H3,(H,19,21)/b17-15-;. The minimum atomic E-state index is -0.0613. The van der Waals surface area contributed by atoms with Gasteiger partial charge in [0.05, 0.1) is 7.11 Å². The summed E-state index contributed by atoms with van der Waals surface area (Å²) in [4.78, 5) is 29.1. The van der Waals surface area contributed by atoms with Gasteiger partial charge in [0, 0.05) is 36.3 Å². The summed E-state index contributed by atoms with van der Waals surface area (Å²) in [6.45, 7) is 0.621. The fraction of sp³-hybridized carbons (Fsp3) is 0.440. The molecule has 0 atom stereocenters. The van der Waals surface area contributed by atoms with E-state index in [9.17, 15) is 9.59 Å². The Morgan fingerprint density at radius 2 is 1.12 bits per heavy atom. The quantitative estimate of drug-likeness (QED) is 0.111. The Kier molecular flexibility index (Phi) is 17.2. The molecule has 0 aromatic heterocycles. The van der Waals surface area contributed by atoms with Crippen LogP contribution in [0.4, 0.5) is 0 Å². The first-order valence-electron chi connectivity index (χ1n) is 21.1. The van der Waals surface area contributed by atoms with Crippen molar-refractivity contribution in [3.05, 3.63) is 138 Å². The highest BCUT2D eigenvalue weighted by Gasteiger charge is 2.38. The van der Waals surface area contributed by atoms with Crippen LogP contribution in [0.2, 0.25) is 0 Å². The fourth-order valence-electron chi connectivity index (χ4n) is 8.58. The van der Waals surface area contributed by atoms with Gasteiger partial charge >= 0.3 is 0 Å². The summed E-state index contributed by atoms with van der Waals surface area (Å²) in [7, 11) is 11.9. The van der Waals surface area contributed by atoms with E-state index in [0.29, 0.717) is 18.1 Å². The molecule has 0 aliphatic heterocycles. The van der Waals surface area contributed by atoms with Gasteiger partial charge in [0.1, 0.15) is 13.2 Å². The third-order valence-electron chi connectivity index (χ3n) is 12.3. The molecule has 2 fully saturated rings. The van der Waals surface area contributed by atoms with Crippen LogP contribution in [-0.2, 0) is 33.8 Å². The number of hydrogen-bond acceptors (Lipinski definition) is 7. The number of carbonyl (C=O) groups excluding carboxylic acids is 2. The molecule has 9 heteroatoms. The largest absolute Gasteiger partial charge is 0.493 e. The van der Waals surface area contributed by atoms with Gasteiger partial charge in [0.2, 0.25) is 11.8 Å². The van der Waals surface area contributed by atoms with Gasteiger partial charge in [0.15, 0.2) is 11.5 Å². The van der Waals surface area contributed by atoms with Crippen molar-refractivity contribution in [3.63, 3.8) is 0 Å². The number of hydrogen-bond donors (Lipinski definition) is 2. The Bertz CT molecular complexity index is 1880. The van der Waals surface area contributed by atoms with Crippen molar-refractivity contribution in [1.29, 1.82) is 0 Å². The smallest absolute Gasteiger partial charge is 0.246 e. The second-order valence-corrected chi connectivity index (χ2v) is 16.6. The molecule has 2 N–H and O–H groups in total. The van der Waals surface area contributed by atoms with Gasteiger partial charge in [-0.2, -0.15) is 0 Å². The number of nitrogens with zero attached hydrogens (tertiary/aromatic N) is 2. The maximum absolute atomic E-state index is 12.7. The van der Waals surface area contributed by atoms with Gasteiger partial charge in [-0.15, -0.1) is 0 Å². The zero-order chi connectivity index (χ0) is 42.1. The number of benzene rings is 4. The molecule has 0 spiro atoms. The van der Waals surface area contributed by atoms with Crippen molar-refractivity contribution in [2.75, 3.05) is 49.0 Å². The van der Waals surface area contributed by atoms with Crippen molar-refractivity contribution >= 4 is 17.9 Å². The Balaban J connectivity index is 0.000000256. The lowest BCUT2D eigenvalue weighted by Gasteiger charge is -2.45.